The van der Waals surface area contributed by atoms with E-state index in [0.29, 0.717) is 23.5 Å². The maximum Gasteiger partial charge on any atom is 0.258 e. The lowest BCUT2D eigenvalue weighted by Crippen LogP contribution is -2.40. The largest absolute Gasteiger partial charge is 0.380 e. The summed E-state index contributed by atoms with van der Waals surface area (Å²) in [7, 11) is 0. The van der Waals surface area contributed by atoms with Crippen molar-refractivity contribution in [2.24, 2.45) is 0 Å². The summed E-state index contributed by atoms with van der Waals surface area (Å²) in [6, 6.07) is 3.44. The number of carbonyl (C=O) groups excluding carboxylic acids is 1. The molecular weight excluding hydrogens is 322 g/mol. The van der Waals surface area contributed by atoms with E-state index in [1.807, 2.05) is 0 Å². The Labute approximate surface area is 136 Å². The molecular formula is C16H16F2N2O2S. The van der Waals surface area contributed by atoms with Crippen LogP contribution in [-0.2, 0) is 11.2 Å². The Morgan fingerprint density at radius 1 is 1.35 bits per heavy atom. The minimum absolute atomic E-state index is 0.268. The number of halogens is 2. The van der Waals surface area contributed by atoms with Gasteiger partial charge in [0.05, 0.1) is 0 Å². The van der Waals surface area contributed by atoms with E-state index in [2.05, 4.69) is 10.3 Å². The Morgan fingerprint density at radius 2 is 2.09 bits per heavy atom. The van der Waals surface area contributed by atoms with Gasteiger partial charge in [-0.2, -0.15) is 0 Å². The van der Waals surface area contributed by atoms with Crippen LogP contribution in [0, 0.1) is 11.6 Å². The first-order valence-corrected chi connectivity index (χ1v) is 8.20. The van der Waals surface area contributed by atoms with Crippen molar-refractivity contribution >= 4 is 22.4 Å². The van der Waals surface area contributed by atoms with Crippen molar-refractivity contribution in [3.05, 3.63) is 46.5 Å². The molecule has 1 aromatic carbocycles. The zero-order valence-corrected chi connectivity index (χ0v) is 13.1. The number of hydrogen-bond donors (Lipinski definition) is 2. The molecule has 23 heavy (non-hydrogen) atoms. The summed E-state index contributed by atoms with van der Waals surface area (Å²) in [6.07, 6.45) is 4.38. The van der Waals surface area contributed by atoms with Gasteiger partial charge in [0.2, 0.25) is 0 Å². The van der Waals surface area contributed by atoms with Gasteiger partial charge in [0.1, 0.15) is 17.2 Å². The van der Waals surface area contributed by atoms with Crippen molar-refractivity contribution < 1.29 is 18.7 Å². The smallest absolute Gasteiger partial charge is 0.258 e. The fraction of sp³-hybridized carbons (Fsp3) is 0.375. The second-order valence-corrected chi connectivity index (χ2v) is 6.85. The molecule has 1 amide bonds. The van der Waals surface area contributed by atoms with Crippen molar-refractivity contribution in [2.75, 3.05) is 5.32 Å². The molecule has 3 rings (SSSR count). The lowest BCUT2D eigenvalue weighted by Gasteiger charge is -2.19. The molecule has 122 valence electrons. The van der Waals surface area contributed by atoms with Gasteiger partial charge in [0.15, 0.2) is 5.13 Å². The summed E-state index contributed by atoms with van der Waals surface area (Å²) >= 11 is 1.21. The number of amides is 1. The highest BCUT2D eigenvalue weighted by molar-refractivity contribution is 7.15. The van der Waals surface area contributed by atoms with Crippen LogP contribution < -0.4 is 5.32 Å². The van der Waals surface area contributed by atoms with Crippen LogP contribution in [-0.4, -0.2) is 21.6 Å². The Bertz CT molecular complexity index is 727. The first-order valence-electron chi connectivity index (χ1n) is 7.39. The second-order valence-electron chi connectivity index (χ2n) is 5.74. The van der Waals surface area contributed by atoms with Crippen LogP contribution in [0.4, 0.5) is 13.9 Å². The standard InChI is InChI=1S/C16H16F2N2O2S/c17-11-4-3-10(13(18)8-11)7-12-9-19-15(23-12)20-14(21)16(22)5-1-2-6-16/h3-4,8-9,22H,1-2,5-7H2,(H,19,20,21). The highest BCUT2D eigenvalue weighted by atomic mass is 32.1. The second kappa shape index (κ2) is 6.33. The maximum absolute atomic E-state index is 13.6. The topological polar surface area (TPSA) is 62.2 Å². The van der Waals surface area contributed by atoms with Crippen molar-refractivity contribution in [1.82, 2.24) is 4.98 Å². The molecule has 0 saturated heterocycles. The van der Waals surface area contributed by atoms with Crippen molar-refractivity contribution in [2.45, 2.75) is 37.7 Å². The van der Waals surface area contributed by atoms with Crippen LogP contribution in [0.5, 0.6) is 0 Å². The normalized spacial score (nSPS) is 16.5. The molecule has 1 aromatic heterocycles. The van der Waals surface area contributed by atoms with E-state index in [0.717, 1.165) is 23.8 Å². The Morgan fingerprint density at radius 3 is 2.78 bits per heavy atom. The number of aromatic nitrogens is 1. The van der Waals surface area contributed by atoms with E-state index in [1.165, 1.54) is 23.5 Å². The molecule has 2 aromatic rings. The molecule has 1 fully saturated rings. The van der Waals surface area contributed by atoms with Crippen molar-refractivity contribution in [3.63, 3.8) is 0 Å². The number of benzene rings is 1. The predicted octanol–water partition coefficient (Wildman–Crippen LogP) is 3.26. The highest BCUT2D eigenvalue weighted by Crippen LogP contribution is 2.31. The minimum atomic E-state index is -1.31. The first-order chi connectivity index (χ1) is 11.0. The van der Waals surface area contributed by atoms with Gasteiger partial charge in [-0.15, -0.1) is 11.3 Å². The van der Waals surface area contributed by atoms with Crippen LogP contribution >= 0.6 is 11.3 Å². The van der Waals surface area contributed by atoms with Crippen LogP contribution in [0.25, 0.3) is 0 Å². The summed E-state index contributed by atoms with van der Waals surface area (Å²) in [5, 5.41) is 13.2. The average molecular weight is 338 g/mol. The molecule has 0 bridgehead atoms. The molecule has 1 aliphatic rings. The number of anilines is 1. The monoisotopic (exact) mass is 338 g/mol. The number of aliphatic hydroxyl groups is 1. The molecule has 1 aliphatic carbocycles. The number of rotatable bonds is 4. The predicted molar refractivity (Wildman–Crippen MR) is 83.3 cm³/mol. The molecule has 0 aliphatic heterocycles. The zero-order chi connectivity index (χ0) is 16.4. The van der Waals surface area contributed by atoms with Gasteiger partial charge in [-0.25, -0.2) is 13.8 Å². The molecule has 2 N–H and O–H groups in total. The molecule has 4 nitrogen and oxygen atoms in total. The molecule has 0 atom stereocenters. The van der Waals surface area contributed by atoms with Crippen LogP contribution in [0.15, 0.2) is 24.4 Å². The van der Waals surface area contributed by atoms with Gasteiger partial charge >= 0.3 is 0 Å². The van der Waals surface area contributed by atoms with E-state index in [1.54, 1.807) is 6.20 Å². The van der Waals surface area contributed by atoms with Gasteiger partial charge in [-0.05, 0) is 37.3 Å². The first kappa shape index (κ1) is 16.0. The van der Waals surface area contributed by atoms with Crippen LogP contribution in [0.1, 0.15) is 36.1 Å². The molecule has 1 saturated carbocycles. The Balaban J connectivity index is 1.67. The Kier molecular flexibility index (Phi) is 4.41. The van der Waals surface area contributed by atoms with Gasteiger partial charge in [-0.1, -0.05) is 6.07 Å². The molecule has 0 radical (unpaired) electrons. The molecule has 0 unspecified atom stereocenters. The maximum atomic E-state index is 13.6. The molecule has 0 spiro atoms. The summed E-state index contributed by atoms with van der Waals surface area (Å²) in [6.45, 7) is 0. The Hall–Kier alpha value is -1.86. The zero-order valence-electron chi connectivity index (χ0n) is 12.3. The van der Waals surface area contributed by atoms with Gasteiger partial charge < -0.3 is 5.11 Å². The lowest BCUT2D eigenvalue weighted by molar-refractivity contribution is -0.133. The third-order valence-corrected chi connectivity index (χ3v) is 4.92. The SMILES string of the molecule is O=C(Nc1ncc(Cc2ccc(F)cc2F)s1)C1(O)CCCC1. The summed E-state index contributed by atoms with van der Waals surface area (Å²) in [4.78, 5) is 16.9. The van der Waals surface area contributed by atoms with Gasteiger partial charge in [-0.3, -0.25) is 10.1 Å². The number of nitrogens with one attached hydrogen (secondary N) is 1. The summed E-state index contributed by atoms with van der Waals surface area (Å²) < 4.78 is 26.5. The van der Waals surface area contributed by atoms with E-state index in [9.17, 15) is 18.7 Å². The quantitative estimate of drug-likeness (QED) is 0.899. The summed E-state index contributed by atoms with van der Waals surface area (Å²) in [5.41, 5.74) is -0.947. The van der Waals surface area contributed by atoms with E-state index in [4.69, 9.17) is 0 Å². The van der Waals surface area contributed by atoms with Crippen molar-refractivity contribution in [3.8, 4) is 0 Å². The fourth-order valence-corrected chi connectivity index (χ4v) is 3.53. The average Bonchev–Trinajstić information content (AvgIpc) is 3.12. The highest BCUT2D eigenvalue weighted by Gasteiger charge is 2.39. The number of carbonyl (C=O) groups is 1. The molecule has 1 heterocycles. The number of thiazole rings is 1. The third kappa shape index (κ3) is 3.56. The fourth-order valence-electron chi connectivity index (χ4n) is 2.70. The number of nitrogens with zero attached hydrogens (tertiary/aromatic N) is 1. The number of hydrogen-bond acceptors (Lipinski definition) is 4. The van der Waals surface area contributed by atoms with E-state index in [-0.39, 0.29) is 6.42 Å². The van der Waals surface area contributed by atoms with E-state index >= 15 is 0 Å². The van der Waals surface area contributed by atoms with E-state index < -0.39 is 23.1 Å². The minimum Gasteiger partial charge on any atom is -0.380 e. The summed E-state index contributed by atoms with van der Waals surface area (Å²) in [5.74, 6) is -1.67. The van der Waals surface area contributed by atoms with Crippen LogP contribution in [0.2, 0.25) is 0 Å². The van der Waals surface area contributed by atoms with Gasteiger partial charge in [0, 0.05) is 23.6 Å². The van der Waals surface area contributed by atoms with Crippen molar-refractivity contribution in [1.29, 1.82) is 0 Å². The van der Waals surface area contributed by atoms with Gasteiger partial charge in [0.25, 0.3) is 5.91 Å². The third-order valence-electron chi connectivity index (χ3n) is 4.01. The molecule has 7 heteroatoms. The van der Waals surface area contributed by atoms with Crippen LogP contribution in [0.3, 0.4) is 0 Å². The lowest BCUT2D eigenvalue weighted by atomic mass is 10.0.